The molecule has 0 bridgehead atoms. The highest BCUT2D eigenvalue weighted by Crippen LogP contribution is 2.31. The maximum Gasteiger partial charge on any atom is 0.470 e. The Morgan fingerprint density at radius 3 is 2.74 bits per heavy atom. The van der Waals surface area contributed by atoms with Crippen molar-refractivity contribution in [3.05, 3.63) is 40.1 Å². The number of carbonyl (C=O) groups is 2. The summed E-state index contributed by atoms with van der Waals surface area (Å²) in [6.07, 6.45) is -1.26. The van der Waals surface area contributed by atoms with E-state index in [4.69, 9.17) is 5.73 Å². The van der Waals surface area contributed by atoms with Crippen molar-refractivity contribution in [3.8, 4) is 0 Å². The van der Waals surface area contributed by atoms with Gasteiger partial charge >= 0.3 is 6.09 Å². The number of hydrogen-bond acceptors (Lipinski definition) is 5. The van der Waals surface area contributed by atoms with Gasteiger partial charge < -0.3 is 10.5 Å². The number of rotatable bonds is 4. The summed E-state index contributed by atoms with van der Waals surface area (Å²) in [5, 5.41) is 3.08. The molecule has 1 heterocycles. The molecular formula is C12H10N2O4S. The van der Waals surface area contributed by atoms with Crippen LogP contribution in [0.3, 0.4) is 0 Å². The van der Waals surface area contributed by atoms with Gasteiger partial charge in [-0.2, -0.15) is 0 Å². The Balaban J connectivity index is 2.25. The fraction of sp³-hybridized carbons (Fsp3) is 0.167. The molecule has 2 rings (SSSR count). The maximum absolute atomic E-state index is 11.4. The van der Waals surface area contributed by atoms with E-state index in [1.54, 1.807) is 0 Å². The van der Waals surface area contributed by atoms with Crippen LogP contribution in [0.15, 0.2) is 35.5 Å². The molecule has 0 aliphatic rings. The molecule has 1 atom stereocenters. The van der Waals surface area contributed by atoms with E-state index in [2.05, 4.69) is 9.91 Å². The summed E-state index contributed by atoms with van der Waals surface area (Å²) >= 11 is 1.39. The topological polar surface area (TPSA) is 98.8 Å². The normalized spacial score (nSPS) is 12.0. The van der Waals surface area contributed by atoms with Crippen LogP contribution in [0.25, 0.3) is 10.1 Å². The van der Waals surface area contributed by atoms with E-state index in [0.29, 0.717) is 4.88 Å². The highest BCUT2D eigenvalue weighted by molar-refractivity contribution is 7.19. The van der Waals surface area contributed by atoms with Crippen LogP contribution in [-0.2, 0) is 9.53 Å². The van der Waals surface area contributed by atoms with Crippen LogP contribution in [0, 0.1) is 4.91 Å². The van der Waals surface area contributed by atoms with Crippen molar-refractivity contribution in [1.29, 1.82) is 0 Å². The number of hydrogen-bond donors (Lipinski definition) is 1. The number of nitrogens with zero attached hydrogens (tertiary/aromatic N) is 1. The highest BCUT2D eigenvalue weighted by Gasteiger charge is 2.22. The van der Waals surface area contributed by atoms with E-state index in [-0.39, 0.29) is 6.61 Å². The molecule has 0 radical (unpaired) electrons. The second-order valence-corrected chi connectivity index (χ2v) is 4.93. The zero-order valence-electron chi connectivity index (χ0n) is 9.74. The average molecular weight is 278 g/mol. The molecule has 0 spiro atoms. The van der Waals surface area contributed by atoms with Crippen molar-refractivity contribution >= 4 is 33.4 Å². The second-order valence-electron chi connectivity index (χ2n) is 3.81. The zero-order valence-corrected chi connectivity index (χ0v) is 10.6. The Morgan fingerprint density at radius 1 is 1.37 bits per heavy atom. The molecule has 7 heteroatoms. The summed E-state index contributed by atoms with van der Waals surface area (Å²) in [6, 6.07) is 9.41. The Bertz CT molecular complexity index is 604. The van der Waals surface area contributed by atoms with Crippen LogP contribution in [0.2, 0.25) is 0 Å². The molecule has 19 heavy (non-hydrogen) atoms. The standard InChI is InChI=1S/C12H10N2O4S/c13-11(15)8(6-18-12(16)14-17)10-5-7-3-1-2-4-9(7)19-10/h1-5,8H,6H2,(H2,13,15). The minimum absolute atomic E-state index is 0.285. The van der Waals surface area contributed by atoms with Crippen LogP contribution in [0.5, 0.6) is 0 Å². The van der Waals surface area contributed by atoms with E-state index in [1.807, 2.05) is 30.3 Å². The number of benzene rings is 1. The molecule has 2 aromatic rings. The van der Waals surface area contributed by atoms with Crippen molar-refractivity contribution < 1.29 is 14.3 Å². The minimum Gasteiger partial charge on any atom is -0.445 e. The van der Waals surface area contributed by atoms with Crippen molar-refractivity contribution in [2.24, 2.45) is 10.9 Å². The summed E-state index contributed by atoms with van der Waals surface area (Å²) in [4.78, 5) is 32.7. The summed E-state index contributed by atoms with van der Waals surface area (Å²) in [5.74, 6) is -1.40. The van der Waals surface area contributed by atoms with E-state index in [1.165, 1.54) is 11.3 Å². The van der Waals surface area contributed by atoms with Gasteiger partial charge in [0, 0.05) is 9.58 Å². The van der Waals surface area contributed by atoms with Crippen LogP contribution >= 0.6 is 11.3 Å². The molecular weight excluding hydrogens is 268 g/mol. The molecule has 0 aliphatic carbocycles. The lowest BCUT2D eigenvalue weighted by Crippen LogP contribution is -2.25. The first-order valence-electron chi connectivity index (χ1n) is 5.39. The molecule has 0 saturated carbocycles. The molecule has 1 aromatic carbocycles. The van der Waals surface area contributed by atoms with Gasteiger partial charge in [-0.25, -0.2) is 4.79 Å². The molecule has 2 amide bonds. The first-order chi connectivity index (χ1) is 9.11. The average Bonchev–Trinajstić information content (AvgIpc) is 2.81. The lowest BCUT2D eigenvalue weighted by Gasteiger charge is -2.09. The van der Waals surface area contributed by atoms with Gasteiger partial charge in [-0.05, 0) is 17.5 Å². The lowest BCUT2D eigenvalue weighted by molar-refractivity contribution is -0.120. The molecule has 1 aromatic heterocycles. The lowest BCUT2D eigenvalue weighted by atomic mass is 10.1. The van der Waals surface area contributed by atoms with Gasteiger partial charge in [-0.15, -0.1) is 16.2 Å². The van der Waals surface area contributed by atoms with Gasteiger partial charge in [0.05, 0.1) is 5.18 Å². The van der Waals surface area contributed by atoms with Gasteiger partial charge in [-0.3, -0.25) is 4.79 Å². The summed E-state index contributed by atoms with van der Waals surface area (Å²) < 4.78 is 5.56. The van der Waals surface area contributed by atoms with Crippen molar-refractivity contribution in [2.75, 3.05) is 6.61 Å². The highest BCUT2D eigenvalue weighted by atomic mass is 32.1. The SMILES string of the molecule is NC(=O)C(COC(=O)N=O)c1cc2ccccc2s1. The third-order valence-corrected chi connectivity index (χ3v) is 3.81. The molecule has 6 nitrogen and oxygen atoms in total. The number of primary amides is 1. The van der Waals surface area contributed by atoms with E-state index in [0.717, 1.165) is 10.1 Å². The molecule has 98 valence electrons. The van der Waals surface area contributed by atoms with E-state index < -0.39 is 17.9 Å². The fourth-order valence-electron chi connectivity index (χ4n) is 1.66. The largest absolute Gasteiger partial charge is 0.470 e. The van der Waals surface area contributed by atoms with E-state index in [9.17, 15) is 14.5 Å². The molecule has 1 unspecified atom stereocenters. The molecule has 0 fully saturated rings. The maximum atomic E-state index is 11.4. The number of fused-ring (bicyclic) bond motifs is 1. The summed E-state index contributed by atoms with van der Waals surface area (Å²) in [7, 11) is 0. The number of thiophene rings is 1. The van der Waals surface area contributed by atoms with Crippen LogP contribution in [0.1, 0.15) is 10.8 Å². The number of nitrogens with two attached hydrogens (primary N) is 1. The minimum atomic E-state index is -1.26. The van der Waals surface area contributed by atoms with Crippen molar-refractivity contribution in [3.63, 3.8) is 0 Å². The molecule has 0 saturated heterocycles. The first kappa shape index (κ1) is 13.2. The monoisotopic (exact) mass is 278 g/mol. The van der Waals surface area contributed by atoms with Crippen LogP contribution in [0.4, 0.5) is 4.79 Å². The van der Waals surface area contributed by atoms with Gasteiger partial charge in [0.15, 0.2) is 0 Å². The quantitative estimate of drug-likeness (QED) is 0.868. The predicted octanol–water partition coefficient (Wildman–Crippen LogP) is 2.37. The smallest absolute Gasteiger partial charge is 0.445 e. The number of amides is 2. The second kappa shape index (κ2) is 5.57. The number of ether oxygens (including phenoxy) is 1. The molecule has 0 aliphatic heterocycles. The first-order valence-corrected chi connectivity index (χ1v) is 6.21. The van der Waals surface area contributed by atoms with E-state index >= 15 is 0 Å². The van der Waals surface area contributed by atoms with Gasteiger partial charge in [0.2, 0.25) is 5.91 Å². The fourth-order valence-corrected chi connectivity index (χ4v) is 2.82. The zero-order chi connectivity index (χ0) is 13.8. The third-order valence-electron chi connectivity index (χ3n) is 2.58. The Morgan fingerprint density at radius 2 is 2.11 bits per heavy atom. The van der Waals surface area contributed by atoms with Gasteiger partial charge in [0.25, 0.3) is 0 Å². The molecule has 2 N–H and O–H groups in total. The van der Waals surface area contributed by atoms with Gasteiger partial charge in [-0.1, -0.05) is 18.2 Å². The number of carbonyl (C=O) groups excluding carboxylic acids is 2. The van der Waals surface area contributed by atoms with Crippen LogP contribution in [-0.4, -0.2) is 18.6 Å². The van der Waals surface area contributed by atoms with Crippen LogP contribution < -0.4 is 5.73 Å². The Hall–Kier alpha value is -2.28. The Kier molecular flexibility index (Phi) is 3.86. The predicted molar refractivity (Wildman–Crippen MR) is 70.9 cm³/mol. The summed E-state index contributed by atoms with van der Waals surface area (Å²) in [5.41, 5.74) is 5.29. The van der Waals surface area contributed by atoms with Gasteiger partial charge in [0.1, 0.15) is 12.5 Å². The Labute approximate surface area is 112 Å². The van der Waals surface area contributed by atoms with Crippen molar-refractivity contribution in [1.82, 2.24) is 0 Å². The van der Waals surface area contributed by atoms with Crippen molar-refractivity contribution in [2.45, 2.75) is 5.92 Å². The summed E-state index contributed by atoms with van der Waals surface area (Å²) in [6.45, 7) is -0.285. The third kappa shape index (κ3) is 2.94. The number of nitroso groups, excluding NO2 is 1.